The van der Waals surface area contributed by atoms with Crippen molar-refractivity contribution in [3.8, 4) is 0 Å². The summed E-state index contributed by atoms with van der Waals surface area (Å²) in [6.45, 7) is 9.82. The lowest BCUT2D eigenvalue weighted by Gasteiger charge is -2.41. The SMILES string of the molecule is CCC1C(=O)NCC12CCN(C(=O)OC(C)(C)C)CC2. The van der Waals surface area contributed by atoms with E-state index in [2.05, 4.69) is 12.2 Å². The van der Waals surface area contributed by atoms with Crippen LogP contribution < -0.4 is 5.32 Å². The van der Waals surface area contributed by atoms with Crippen LogP contribution in [0.4, 0.5) is 4.79 Å². The van der Waals surface area contributed by atoms with Gasteiger partial charge in [-0.2, -0.15) is 0 Å². The number of carbonyl (C=O) groups is 2. The zero-order valence-corrected chi connectivity index (χ0v) is 13.0. The van der Waals surface area contributed by atoms with Crippen molar-refractivity contribution in [2.75, 3.05) is 19.6 Å². The summed E-state index contributed by atoms with van der Waals surface area (Å²) in [6, 6.07) is 0. The molecule has 114 valence electrons. The molecule has 2 aliphatic heterocycles. The van der Waals surface area contributed by atoms with Crippen LogP contribution in [0.25, 0.3) is 0 Å². The van der Waals surface area contributed by atoms with Crippen molar-refractivity contribution in [2.24, 2.45) is 11.3 Å². The van der Waals surface area contributed by atoms with E-state index >= 15 is 0 Å². The van der Waals surface area contributed by atoms with Gasteiger partial charge >= 0.3 is 6.09 Å². The highest BCUT2D eigenvalue weighted by Crippen LogP contribution is 2.43. The zero-order valence-electron chi connectivity index (χ0n) is 13.0. The highest BCUT2D eigenvalue weighted by atomic mass is 16.6. The summed E-state index contributed by atoms with van der Waals surface area (Å²) in [5, 5.41) is 2.99. The molecule has 5 heteroatoms. The number of carbonyl (C=O) groups excluding carboxylic acids is 2. The molecule has 1 atom stereocenters. The van der Waals surface area contributed by atoms with E-state index < -0.39 is 5.60 Å². The van der Waals surface area contributed by atoms with E-state index in [0.29, 0.717) is 13.1 Å². The minimum Gasteiger partial charge on any atom is -0.444 e. The number of piperidine rings is 1. The maximum atomic E-state index is 12.1. The molecule has 2 rings (SSSR count). The number of nitrogens with one attached hydrogen (secondary N) is 1. The zero-order chi connectivity index (χ0) is 15.0. The van der Waals surface area contributed by atoms with E-state index in [9.17, 15) is 9.59 Å². The molecule has 2 heterocycles. The summed E-state index contributed by atoms with van der Waals surface area (Å²) in [7, 11) is 0. The van der Waals surface area contributed by atoms with Gasteiger partial charge in [0.2, 0.25) is 5.91 Å². The Kier molecular flexibility index (Phi) is 3.98. The van der Waals surface area contributed by atoms with Gasteiger partial charge < -0.3 is 15.0 Å². The van der Waals surface area contributed by atoms with Crippen molar-refractivity contribution < 1.29 is 14.3 Å². The number of rotatable bonds is 1. The largest absolute Gasteiger partial charge is 0.444 e. The van der Waals surface area contributed by atoms with E-state index in [4.69, 9.17) is 4.74 Å². The Morgan fingerprint density at radius 2 is 2.00 bits per heavy atom. The van der Waals surface area contributed by atoms with Crippen molar-refractivity contribution in [3.63, 3.8) is 0 Å². The summed E-state index contributed by atoms with van der Waals surface area (Å²) in [6.07, 6.45) is 2.39. The molecule has 1 N–H and O–H groups in total. The number of amides is 2. The lowest BCUT2D eigenvalue weighted by atomic mass is 9.70. The van der Waals surface area contributed by atoms with Gasteiger partial charge in [-0.1, -0.05) is 6.92 Å². The summed E-state index contributed by atoms with van der Waals surface area (Å²) in [5.74, 6) is 0.279. The molecule has 2 fully saturated rings. The van der Waals surface area contributed by atoms with Gasteiger partial charge in [0.1, 0.15) is 5.60 Å². The molecule has 1 unspecified atom stereocenters. The van der Waals surface area contributed by atoms with Crippen LogP contribution in [-0.2, 0) is 9.53 Å². The summed E-state index contributed by atoms with van der Waals surface area (Å²) in [5.41, 5.74) is -0.409. The van der Waals surface area contributed by atoms with Gasteiger partial charge in [-0.3, -0.25) is 4.79 Å². The van der Waals surface area contributed by atoms with Crippen molar-refractivity contribution in [1.82, 2.24) is 10.2 Å². The molecule has 2 saturated heterocycles. The Bertz CT molecular complexity index is 392. The molecule has 2 amide bonds. The van der Waals surface area contributed by atoms with Crippen LogP contribution in [0.1, 0.15) is 47.0 Å². The molecule has 5 nitrogen and oxygen atoms in total. The molecule has 0 aliphatic carbocycles. The first-order valence-electron chi connectivity index (χ1n) is 7.53. The Labute approximate surface area is 121 Å². The predicted octanol–water partition coefficient (Wildman–Crippen LogP) is 2.16. The van der Waals surface area contributed by atoms with Crippen molar-refractivity contribution in [3.05, 3.63) is 0 Å². The fraction of sp³-hybridized carbons (Fsp3) is 0.867. The summed E-state index contributed by atoms with van der Waals surface area (Å²) >= 11 is 0. The van der Waals surface area contributed by atoms with Crippen LogP contribution in [0.15, 0.2) is 0 Å². The maximum Gasteiger partial charge on any atom is 0.410 e. The Hall–Kier alpha value is -1.26. The van der Waals surface area contributed by atoms with Crippen LogP contribution >= 0.6 is 0 Å². The smallest absolute Gasteiger partial charge is 0.410 e. The average molecular weight is 282 g/mol. The summed E-state index contributed by atoms with van der Waals surface area (Å²) < 4.78 is 5.41. The molecule has 0 bridgehead atoms. The lowest BCUT2D eigenvalue weighted by molar-refractivity contribution is -0.124. The van der Waals surface area contributed by atoms with Gasteiger partial charge in [-0.15, -0.1) is 0 Å². The van der Waals surface area contributed by atoms with Gasteiger partial charge in [0, 0.05) is 31.0 Å². The predicted molar refractivity (Wildman–Crippen MR) is 76.3 cm³/mol. The Morgan fingerprint density at radius 1 is 1.40 bits per heavy atom. The van der Waals surface area contributed by atoms with Gasteiger partial charge in [0.15, 0.2) is 0 Å². The first kappa shape index (κ1) is 15.1. The van der Waals surface area contributed by atoms with Crippen molar-refractivity contribution >= 4 is 12.0 Å². The molecule has 20 heavy (non-hydrogen) atoms. The second-order valence-corrected chi connectivity index (χ2v) is 7.01. The third kappa shape index (κ3) is 2.91. The normalized spacial score (nSPS) is 25.7. The molecule has 0 aromatic heterocycles. The highest BCUT2D eigenvalue weighted by molar-refractivity contribution is 5.82. The number of hydrogen-bond acceptors (Lipinski definition) is 3. The van der Waals surface area contributed by atoms with Gasteiger partial charge in [-0.05, 0) is 40.0 Å². The number of likely N-dealkylation sites (tertiary alicyclic amines) is 1. The van der Waals surface area contributed by atoms with Crippen LogP contribution in [0.3, 0.4) is 0 Å². The fourth-order valence-corrected chi connectivity index (χ4v) is 3.39. The van der Waals surface area contributed by atoms with E-state index in [-0.39, 0.29) is 23.3 Å². The molecule has 0 saturated carbocycles. The molecule has 0 aromatic rings. The molecule has 0 radical (unpaired) electrons. The van der Waals surface area contributed by atoms with E-state index in [1.54, 1.807) is 4.90 Å². The standard InChI is InChI=1S/C15H26N2O3/c1-5-11-12(18)16-10-15(11)6-8-17(9-7-15)13(19)20-14(2,3)4/h11H,5-10H2,1-4H3,(H,16,18). The molecular formula is C15H26N2O3. The topological polar surface area (TPSA) is 58.6 Å². The van der Waals surface area contributed by atoms with E-state index in [0.717, 1.165) is 25.8 Å². The van der Waals surface area contributed by atoms with E-state index in [1.807, 2.05) is 20.8 Å². The molecule has 1 spiro atoms. The fourth-order valence-electron chi connectivity index (χ4n) is 3.39. The van der Waals surface area contributed by atoms with Gasteiger partial charge in [0.25, 0.3) is 0 Å². The van der Waals surface area contributed by atoms with Crippen molar-refractivity contribution in [2.45, 2.75) is 52.6 Å². The summed E-state index contributed by atoms with van der Waals surface area (Å²) in [4.78, 5) is 25.7. The molecular weight excluding hydrogens is 256 g/mol. The van der Waals surface area contributed by atoms with Crippen LogP contribution in [0.2, 0.25) is 0 Å². The average Bonchev–Trinajstić information content (AvgIpc) is 2.65. The lowest BCUT2D eigenvalue weighted by Crippen LogP contribution is -2.47. The second kappa shape index (κ2) is 5.26. The number of ether oxygens (including phenoxy) is 1. The van der Waals surface area contributed by atoms with Crippen LogP contribution in [0, 0.1) is 11.3 Å². The molecule has 2 aliphatic rings. The quantitative estimate of drug-likeness (QED) is 0.802. The first-order valence-corrected chi connectivity index (χ1v) is 7.53. The van der Waals surface area contributed by atoms with E-state index in [1.165, 1.54) is 0 Å². The monoisotopic (exact) mass is 282 g/mol. The van der Waals surface area contributed by atoms with Gasteiger partial charge in [0.05, 0.1) is 0 Å². The first-order chi connectivity index (χ1) is 9.27. The van der Waals surface area contributed by atoms with Crippen LogP contribution in [-0.4, -0.2) is 42.1 Å². The number of hydrogen-bond donors (Lipinski definition) is 1. The third-order valence-electron chi connectivity index (χ3n) is 4.49. The second-order valence-electron chi connectivity index (χ2n) is 7.01. The maximum absolute atomic E-state index is 12.1. The Morgan fingerprint density at radius 3 is 2.50 bits per heavy atom. The minimum absolute atomic E-state index is 0.0460. The van der Waals surface area contributed by atoms with Gasteiger partial charge in [-0.25, -0.2) is 4.79 Å². The Balaban J connectivity index is 1.96. The minimum atomic E-state index is -0.455. The number of nitrogens with zero attached hydrogens (tertiary/aromatic N) is 1. The van der Waals surface area contributed by atoms with Crippen LogP contribution in [0.5, 0.6) is 0 Å². The molecule has 0 aromatic carbocycles. The third-order valence-corrected chi connectivity index (χ3v) is 4.49. The van der Waals surface area contributed by atoms with Crippen molar-refractivity contribution in [1.29, 1.82) is 0 Å². The highest BCUT2D eigenvalue weighted by Gasteiger charge is 2.49.